The maximum Gasteiger partial charge on any atom is 0.296 e. The SMILES string of the molecule is CCCOc1ccc(Cc2nn3c(=O)/c(=C/c4cc(OC)ccc4OC)sc3nc2=O)cc1. The first kappa shape index (κ1) is 22.5. The Bertz CT molecular complexity index is 1440. The Labute approximate surface area is 193 Å². The zero-order chi connectivity index (χ0) is 23.4. The molecule has 0 atom stereocenters. The summed E-state index contributed by atoms with van der Waals surface area (Å²) in [5.74, 6) is 2.00. The normalized spacial score (nSPS) is 11.7. The van der Waals surface area contributed by atoms with Crippen molar-refractivity contribution in [3.63, 3.8) is 0 Å². The van der Waals surface area contributed by atoms with E-state index in [1.54, 1.807) is 38.5 Å². The van der Waals surface area contributed by atoms with Gasteiger partial charge in [-0.15, -0.1) is 0 Å². The second-order valence-corrected chi connectivity index (χ2v) is 8.26. The number of fused-ring (bicyclic) bond motifs is 1. The highest BCUT2D eigenvalue weighted by Gasteiger charge is 2.13. The molecular weight excluding hydrogens is 442 g/mol. The van der Waals surface area contributed by atoms with Gasteiger partial charge < -0.3 is 14.2 Å². The van der Waals surface area contributed by atoms with Gasteiger partial charge in [0.1, 0.15) is 22.9 Å². The van der Waals surface area contributed by atoms with Gasteiger partial charge in [-0.2, -0.15) is 14.6 Å². The number of benzene rings is 2. The van der Waals surface area contributed by atoms with Crippen molar-refractivity contribution in [2.24, 2.45) is 0 Å². The molecule has 0 unspecified atom stereocenters. The first-order chi connectivity index (χ1) is 16.0. The van der Waals surface area contributed by atoms with Crippen molar-refractivity contribution in [3.8, 4) is 17.2 Å². The molecule has 0 aliphatic rings. The molecule has 0 saturated carbocycles. The van der Waals surface area contributed by atoms with Crippen LogP contribution in [0.25, 0.3) is 11.0 Å². The van der Waals surface area contributed by atoms with Crippen molar-refractivity contribution in [1.82, 2.24) is 14.6 Å². The van der Waals surface area contributed by atoms with Crippen molar-refractivity contribution in [2.75, 3.05) is 20.8 Å². The molecule has 0 bridgehead atoms. The van der Waals surface area contributed by atoms with Gasteiger partial charge in [0, 0.05) is 12.0 Å². The van der Waals surface area contributed by atoms with Crippen molar-refractivity contribution in [2.45, 2.75) is 19.8 Å². The molecule has 0 N–H and O–H groups in total. The molecule has 0 aliphatic heterocycles. The largest absolute Gasteiger partial charge is 0.497 e. The molecule has 170 valence electrons. The van der Waals surface area contributed by atoms with Crippen molar-refractivity contribution in [3.05, 3.63) is 84.5 Å². The lowest BCUT2D eigenvalue weighted by Gasteiger charge is -2.06. The lowest BCUT2D eigenvalue weighted by molar-refractivity contribution is 0.317. The number of hydrogen-bond acceptors (Lipinski definition) is 8. The molecule has 2 heterocycles. The number of thiazole rings is 1. The third-order valence-corrected chi connectivity index (χ3v) is 5.90. The molecular formula is C24H23N3O5S. The predicted molar refractivity (Wildman–Crippen MR) is 127 cm³/mol. The smallest absolute Gasteiger partial charge is 0.296 e. The fraction of sp³-hybridized carbons (Fsp3) is 0.250. The highest BCUT2D eigenvalue weighted by atomic mass is 32.1. The van der Waals surface area contributed by atoms with Crippen LogP contribution in [-0.2, 0) is 6.42 Å². The van der Waals surface area contributed by atoms with Gasteiger partial charge in [-0.3, -0.25) is 9.59 Å². The van der Waals surface area contributed by atoms with E-state index in [0.29, 0.717) is 28.2 Å². The molecule has 4 rings (SSSR count). The summed E-state index contributed by atoms with van der Waals surface area (Å²) in [6.07, 6.45) is 2.88. The van der Waals surface area contributed by atoms with E-state index < -0.39 is 5.56 Å². The van der Waals surface area contributed by atoms with Crippen LogP contribution in [0.3, 0.4) is 0 Å². The van der Waals surface area contributed by atoms with Gasteiger partial charge in [-0.05, 0) is 48.4 Å². The minimum atomic E-state index is -0.451. The van der Waals surface area contributed by atoms with Crippen LogP contribution in [0.4, 0.5) is 0 Å². The minimum absolute atomic E-state index is 0.204. The van der Waals surface area contributed by atoms with Crippen LogP contribution in [0.15, 0.2) is 52.1 Å². The highest BCUT2D eigenvalue weighted by molar-refractivity contribution is 7.15. The summed E-state index contributed by atoms with van der Waals surface area (Å²) in [5, 5.41) is 4.31. The van der Waals surface area contributed by atoms with Crippen LogP contribution in [-0.4, -0.2) is 35.4 Å². The summed E-state index contributed by atoms with van der Waals surface area (Å²) in [4.78, 5) is 29.9. The summed E-state index contributed by atoms with van der Waals surface area (Å²) in [6.45, 7) is 2.69. The number of hydrogen-bond donors (Lipinski definition) is 0. The predicted octanol–water partition coefficient (Wildman–Crippen LogP) is 2.46. The third-order valence-electron chi connectivity index (χ3n) is 4.94. The Morgan fingerprint density at radius 3 is 2.48 bits per heavy atom. The number of ether oxygens (including phenoxy) is 3. The van der Waals surface area contributed by atoms with Crippen molar-refractivity contribution >= 4 is 22.4 Å². The van der Waals surface area contributed by atoms with Crippen LogP contribution < -0.4 is 29.9 Å². The number of aromatic nitrogens is 3. The summed E-state index contributed by atoms with van der Waals surface area (Å²) in [5.41, 5.74) is 0.954. The summed E-state index contributed by atoms with van der Waals surface area (Å²) in [6, 6.07) is 12.8. The summed E-state index contributed by atoms with van der Waals surface area (Å²) in [7, 11) is 3.12. The van der Waals surface area contributed by atoms with Crippen LogP contribution >= 0.6 is 11.3 Å². The Kier molecular flexibility index (Phi) is 6.69. The maximum absolute atomic E-state index is 13.0. The van der Waals surface area contributed by atoms with Gasteiger partial charge in [-0.25, -0.2) is 0 Å². The lowest BCUT2D eigenvalue weighted by atomic mass is 10.1. The molecule has 4 aromatic rings. The van der Waals surface area contributed by atoms with Crippen molar-refractivity contribution < 1.29 is 14.2 Å². The topological polar surface area (TPSA) is 92.0 Å². The molecule has 33 heavy (non-hydrogen) atoms. The Balaban J connectivity index is 1.70. The second-order valence-electron chi connectivity index (χ2n) is 7.25. The average Bonchev–Trinajstić information content (AvgIpc) is 3.12. The molecule has 0 saturated heterocycles. The van der Waals surface area contributed by atoms with E-state index in [9.17, 15) is 9.59 Å². The zero-order valence-electron chi connectivity index (χ0n) is 18.5. The molecule has 9 heteroatoms. The van der Waals surface area contributed by atoms with E-state index in [-0.39, 0.29) is 22.6 Å². The number of rotatable bonds is 8. The van der Waals surface area contributed by atoms with Crippen molar-refractivity contribution in [1.29, 1.82) is 0 Å². The maximum atomic E-state index is 13.0. The van der Waals surface area contributed by atoms with Crippen LogP contribution in [0.5, 0.6) is 17.2 Å². The fourth-order valence-electron chi connectivity index (χ4n) is 3.26. The van der Waals surface area contributed by atoms with E-state index in [0.717, 1.165) is 29.1 Å². The average molecular weight is 466 g/mol. The second kappa shape index (κ2) is 9.83. The van der Waals surface area contributed by atoms with Gasteiger partial charge in [0.25, 0.3) is 11.1 Å². The van der Waals surface area contributed by atoms with Crippen LogP contribution in [0.2, 0.25) is 0 Å². The summed E-state index contributed by atoms with van der Waals surface area (Å²) >= 11 is 1.10. The quantitative estimate of drug-likeness (QED) is 0.395. The Hall–Kier alpha value is -3.72. The zero-order valence-corrected chi connectivity index (χ0v) is 19.3. The third kappa shape index (κ3) is 4.88. The minimum Gasteiger partial charge on any atom is -0.497 e. The molecule has 0 aliphatic carbocycles. The molecule has 0 fully saturated rings. The van der Waals surface area contributed by atoms with Gasteiger partial charge in [0.05, 0.1) is 25.4 Å². The van der Waals surface area contributed by atoms with Gasteiger partial charge in [0.15, 0.2) is 0 Å². The lowest BCUT2D eigenvalue weighted by Crippen LogP contribution is -2.28. The van der Waals surface area contributed by atoms with Gasteiger partial charge in [-0.1, -0.05) is 30.4 Å². The molecule has 2 aromatic carbocycles. The molecule has 0 radical (unpaired) electrons. The van der Waals surface area contributed by atoms with Gasteiger partial charge in [0.2, 0.25) is 4.96 Å². The first-order valence-electron chi connectivity index (χ1n) is 10.4. The molecule has 8 nitrogen and oxygen atoms in total. The Morgan fingerprint density at radius 2 is 1.79 bits per heavy atom. The fourth-order valence-corrected chi connectivity index (χ4v) is 4.16. The number of nitrogens with zero attached hydrogens (tertiary/aromatic N) is 3. The van der Waals surface area contributed by atoms with Gasteiger partial charge >= 0.3 is 0 Å². The van der Waals surface area contributed by atoms with E-state index in [1.165, 1.54) is 4.52 Å². The monoisotopic (exact) mass is 465 g/mol. The standard InChI is InChI=1S/C24H23N3O5S/c1-4-11-32-17-7-5-15(6-8-17)12-19-22(28)25-24-27(26-19)23(29)21(33-24)14-16-13-18(30-2)9-10-20(16)31-3/h5-10,13-14H,4,11-12H2,1-3H3/b21-14-. The van der Waals surface area contributed by atoms with E-state index in [1.807, 2.05) is 31.2 Å². The van der Waals surface area contributed by atoms with E-state index in [2.05, 4.69) is 10.1 Å². The molecule has 2 aromatic heterocycles. The van der Waals surface area contributed by atoms with E-state index in [4.69, 9.17) is 14.2 Å². The highest BCUT2D eigenvalue weighted by Crippen LogP contribution is 2.24. The molecule has 0 spiro atoms. The Morgan fingerprint density at radius 1 is 1.03 bits per heavy atom. The van der Waals surface area contributed by atoms with E-state index >= 15 is 0 Å². The van der Waals surface area contributed by atoms with Crippen LogP contribution in [0, 0.1) is 0 Å². The number of methoxy groups -OCH3 is 2. The summed E-state index contributed by atoms with van der Waals surface area (Å²) < 4.78 is 17.8. The van der Waals surface area contributed by atoms with Crippen LogP contribution in [0.1, 0.15) is 30.2 Å². The first-order valence-corrected chi connectivity index (χ1v) is 11.2. The molecule has 0 amide bonds.